The van der Waals surface area contributed by atoms with Crippen molar-refractivity contribution in [2.75, 3.05) is 7.05 Å². The van der Waals surface area contributed by atoms with Crippen LogP contribution < -0.4 is 5.32 Å². The normalized spacial score (nSPS) is 22.2. The molecular formula is C16H31NO2. The second-order valence-corrected chi connectivity index (χ2v) is 6.48. The van der Waals surface area contributed by atoms with E-state index in [4.69, 9.17) is 0 Å². The van der Waals surface area contributed by atoms with E-state index in [2.05, 4.69) is 5.32 Å². The maximum absolute atomic E-state index is 11.1. The number of aliphatic hydroxyl groups is 1. The summed E-state index contributed by atoms with van der Waals surface area (Å²) in [4.78, 5) is 11.1. The molecule has 19 heavy (non-hydrogen) atoms. The van der Waals surface area contributed by atoms with Crippen molar-refractivity contribution in [2.45, 2.75) is 70.9 Å². The highest BCUT2D eigenvalue weighted by Gasteiger charge is 2.26. The first-order chi connectivity index (χ1) is 9.08. The molecule has 0 amide bonds. The zero-order chi connectivity index (χ0) is 14.3. The van der Waals surface area contributed by atoms with Crippen LogP contribution in [-0.2, 0) is 4.79 Å². The van der Waals surface area contributed by atoms with Crippen LogP contribution in [0.5, 0.6) is 0 Å². The second kappa shape index (κ2) is 8.70. The number of aldehydes is 1. The van der Waals surface area contributed by atoms with E-state index in [0.717, 1.165) is 18.6 Å². The van der Waals surface area contributed by atoms with Gasteiger partial charge in [0.15, 0.2) is 0 Å². The fourth-order valence-corrected chi connectivity index (χ4v) is 3.18. The maximum atomic E-state index is 11.1. The minimum Gasteiger partial charge on any atom is -0.391 e. The molecule has 1 rings (SSSR count). The molecule has 112 valence electrons. The zero-order valence-corrected chi connectivity index (χ0v) is 12.8. The quantitative estimate of drug-likeness (QED) is 0.666. The molecule has 3 atom stereocenters. The van der Waals surface area contributed by atoms with Crippen LogP contribution >= 0.6 is 0 Å². The molecule has 0 saturated heterocycles. The first kappa shape index (κ1) is 16.6. The average molecular weight is 269 g/mol. The van der Waals surface area contributed by atoms with Crippen molar-refractivity contribution in [3.8, 4) is 0 Å². The Labute approximate surface area is 118 Å². The molecule has 0 spiro atoms. The van der Waals surface area contributed by atoms with Gasteiger partial charge in [0.05, 0.1) is 6.10 Å². The van der Waals surface area contributed by atoms with Gasteiger partial charge in [0.25, 0.3) is 0 Å². The van der Waals surface area contributed by atoms with Crippen LogP contribution in [0.3, 0.4) is 0 Å². The Balaban J connectivity index is 2.45. The van der Waals surface area contributed by atoms with Crippen molar-refractivity contribution in [3.05, 3.63) is 0 Å². The lowest BCUT2D eigenvalue weighted by molar-refractivity contribution is -0.113. The van der Waals surface area contributed by atoms with Gasteiger partial charge in [0.1, 0.15) is 6.29 Å². The van der Waals surface area contributed by atoms with Gasteiger partial charge in [-0.25, -0.2) is 0 Å². The highest BCUT2D eigenvalue weighted by molar-refractivity contribution is 5.53. The van der Waals surface area contributed by atoms with Crippen molar-refractivity contribution < 1.29 is 9.90 Å². The van der Waals surface area contributed by atoms with E-state index in [-0.39, 0.29) is 12.0 Å². The molecule has 1 fully saturated rings. The zero-order valence-electron chi connectivity index (χ0n) is 12.8. The van der Waals surface area contributed by atoms with E-state index >= 15 is 0 Å². The first-order valence-corrected chi connectivity index (χ1v) is 7.89. The maximum Gasteiger partial charge on any atom is 0.123 e. The Hall–Kier alpha value is -0.410. The van der Waals surface area contributed by atoms with Gasteiger partial charge >= 0.3 is 0 Å². The molecule has 2 N–H and O–H groups in total. The van der Waals surface area contributed by atoms with Gasteiger partial charge in [0.2, 0.25) is 0 Å². The number of likely N-dealkylation sites (N-methyl/N-ethyl adjacent to an activating group) is 1. The van der Waals surface area contributed by atoms with Crippen LogP contribution in [0.15, 0.2) is 0 Å². The van der Waals surface area contributed by atoms with E-state index in [1.807, 2.05) is 20.9 Å². The van der Waals surface area contributed by atoms with E-state index in [1.54, 1.807) is 0 Å². The Morgan fingerprint density at radius 2 is 1.89 bits per heavy atom. The topological polar surface area (TPSA) is 49.3 Å². The number of carbonyl (C=O) groups excluding carboxylic acids is 1. The van der Waals surface area contributed by atoms with E-state index in [1.165, 1.54) is 32.1 Å². The van der Waals surface area contributed by atoms with Gasteiger partial charge in [-0.15, -0.1) is 0 Å². The number of nitrogens with one attached hydrogen (secondary N) is 1. The molecule has 1 aliphatic carbocycles. The monoisotopic (exact) mass is 269 g/mol. The smallest absolute Gasteiger partial charge is 0.123 e. The van der Waals surface area contributed by atoms with Gasteiger partial charge in [-0.1, -0.05) is 46.0 Å². The second-order valence-electron chi connectivity index (χ2n) is 6.48. The molecule has 0 aromatic carbocycles. The van der Waals surface area contributed by atoms with E-state index < -0.39 is 6.10 Å². The fraction of sp³-hybridized carbons (Fsp3) is 0.938. The Morgan fingerprint density at radius 1 is 1.26 bits per heavy atom. The number of carbonyl (C=O) groups is 1. The van der Waals surface area contributed by atoms with Gasteiger partial charge in [-0.3, -0.25) is 0 Å². The lowest BCUT2D eigenvalue weighted by Crippen LogP contribution is -2.41. The first-order valence-electron chi connectivity index (χ1n) is 7.89. The third-order valence-electron chi connectivity index (χ3n) is 4.69. The standard InChI is InChI=1S/C16H31NO2/c1-12(2)14(11-18)10-16(19)15(17-3)9-13-7-5-4-6-8-13/h11-17,19H,4-10H2,1-3H3/t14?,15-,16-/m0/s1. The minimum absolute atomic E-state index is 0.0304. The van der Waals surface area contributed by atoms with Crippen molar-refractivity contribution >= 4 is 6.29 Å². The average Bonchev–Trinajstić information content (AvgIpc) is 2.42. The Bertz CT molecular complexity index is 249. The van der Waals surface area contributed by atoms with Crippen molar-refractivity contribution in [3.63, 3.8) is 0 Å². The summed E-state index contributed by atoms with van der Waals surface area (Å²) in [5.41, 5.74) is 0. The highest BCUT2D eigenvalue weighted by atomic mass is 16.3. The molecule has 3 nitrogen and oxygen atoms in total. The Morgan fingerprint density at radius 3 is 2.37 bits per heavy atom. The number of hydrogen-bond donors (Lipinski definition) is 2. The van der Waals surface area contributed by atoms with Crippen LogP contribution in [0, 0.1) is 17.8 Å². The molecule has 1 saturated carbocycles. The summed E-state index contributed by atoms with van der Waals surface area (Å²) in [6.45, 7) is 4.09. The van der Waals surface area contributed by atoms with E-state index in [9.17, 15) is 9.90 Å². The lowest BCUT2D eigenvalue weighted by atomic mass is 9.81. The largest absolute Gasteiger partial charge is 0.391 e. The number of aliphatic hydroxyl groups excluding tert-OH is 1. The molecule has 0 aromatic rings. The summed E-state index contributed by atoms with van der Waals surface area (Å²) in [6, 6.07) is 0.129. The number of rotatable bonds is 8. The summed E-state index contributed by atoms with van der Waals surface area (Å²) >= 11 is 0. The van der Waals surface area contributed by atoms with Crippen LogP contribution in [0.4, 0.5) is 0 Å². The molecular weight excluding hydrogens is 238 g/mol. The van der Waals surface area contributed by atoms with Crippen LogP contribution in [0.25, 0.3) is 0 Å². The molecule has 0 radical (unpaired) electrons. The predicted octanol–water partition coefficient (Wildman–Crippen LogP) is 2.77. The highest BCUT2D eigenvalue weighted by Crippen LogP contribution is 2.29. The van der Waals surface area contributed by atoms with Crippen LogP contribution in [0.1, 0.15) is 58.8 Å². The van der Waals surface area contributed by atoms with Gasteiger partial charge in [-0.05, 0) is 31.7 Å². The van der Waals surface area contributed by atoms with Crippen molar-refractivity contribution in [1.82, 2.24) is 5.32 Å². The summed E-state index contributed by atoms with van der Waals surface area (Å²) < 4.78 is 0. The van der Waals surface area contributed by atoms with Gasteiger partial charge < -0.3 is 15.2 Å². The third kappa shape index (κ3) is 5.62. The fourth-order valence-electron chi connectivity index (χ4n) is 3.18. The summed E-state index contributed by atoms with van der Waals surface area (Å²) in [7, 11) is 1.92. The summed E-state index contributed by atoms with van der Waals surface area (Å²) in [5.74, 6) is 1.02. The Kier molecular flexibility index (Phi) is 7.62. The SMILES string of the molecule is CN[C@@H](CC1CCCCC1)[C@@H](O)CC(C=O)C(C)C. The lowest BCUT2D eigenvalue weighted by Gasteiger charge is -2.30. The van der Waals surface area contributed by atoms with Gasteiger partial charge in [0, 0.05) is 12.0 Å². The molecule has 0 bridgehead atoms. The van der Waals surface area contributed by atoms with Crippen molar-refractivity contribution in [2.24, 2.45) is 17.8 Å². The number of hydrogen-bond acceptors (Lipinski definition) is 3. The minimum atomic E-state index is -0.412. The van der Waals surface area contributed by atoms with Crippen LogP contribution in [0.2, 0.25) is 0 Å². The van der Waals surface area contributed by atoms with E-state index in [0.29, 0.717) is 12.3 Å². The molecule has 0 heterocycles. The molecule has 3 heteroatoms. The molecule has 1 aliphatic rings. The molecule has 0 aromatic heterocycles. The summed E-state index contributed by atoms with van der Waals surface area (Å²) in [5, 5.41) is 13.6. The van der Waals surface area contributed by atoms with Crippen LogP contribution in [-0.4, -0.2) is 30.6 Å². The molecule has 1 unspecified atom stereocenters. The summed E-state index contributed by atoms with van der Waals surface area (Å²) in [6.07, 6.45) is 8.84. The molecule has 0 aliphatic heterocycles. The predicted molar refractivity (Wildman–Crippen MR) is 79.1 cm³/mol. The van der Waals surface area contributed by atoms with Gasteiger partial charge in [-0.2, -0.15) is 0 Å². The van der Waals surface area contributed by atoms with Crippen molar-refractivity contribution in [1.29, 1.82) is 0 Å². The third-order valence-corrected chi connectivity index (χ3v) is 4.69.